The number of amides is 2. The van der Waals surface area contributed by atoms with E-state index in [1.807, 2.05) is 13.0 Å². The highest BCUT2D eigenvalue weighted by Crippen LogP contribution is 2.26. The van der Waals surface area contributed by atoms with Crippen LogP contribution in [-0.2, 0) is 9.59 Å². The molecule has 0 heterocycles. The second-order valence-electron chi connectivity index (χ2n) is 5.98. The number of ether oxygens (including phenoxy) is 1. The zero-order valence-corrected chi connectivity index (χ0v) is 15.5. The third kappa shape index (κ3) is 4.48. The summed E-state index contributed by atoms with van der Waals surface area (Å²) in [4.78, 5) is 26.9. The smallest absolute Gasteiger partial charge is 0.321 e. The Balaban J connectivity index is 1.84. The summed E-state index contributed by atoms with van der Waals surface area (Å²) in [5.74, 6) is -0.755. The first-order valence-corrected chi connectivity index (χ1v) is 8.87. The maximum Gasteiger partial charge on any atom is 0.321 e. The lowest BCUT2D eigenvalue weighted by molar-refractivity contribution is -0.134. The molecule has 0 spiro atoms. The molecule has 3 aromatic carbocycles. The van der Waals surface area contributed by atoms with Gasteiger partial charge in [0.05, 0.1) is 6.61 Å². The first-order valence-electron chi connectivity index (χ1n) is 8.87. The molecule has 0 saturated heterocycles. The van der Waals surface area contributed by atoms with Crippen LogP contribution in [0.4, 0.5) is 22.7 Å². The molecule has 3 rings (SSSR count). The first kappa shape index (κ1) is 19.0. The molecule has 0 fully saturated rings. The molecule has 0 atom stereocenters. The summed E-state index contributed by atoms with van der Waals surface area (Å²) >= 11 is 0. The minimum Gasteiger partial charge on any atom is -0.494 e. The number of carbonyl (C=O) groups excluding carboxylic acids is 2. The van der Waals surface area contributed by atoms with E-state index in [1.165, 1.54) is 4.90 Å². The highest BCUT2D eigenvalue weighted by atomic mass is 16.5. The molecule has 6 heteroatoms. The van der Waals surface area contributed by atoms with Crippen LogP contribution in [0, 0.1) is 0 Å². The van der Waals surface area contributed by atoms with E-state index in [-0.39, 0.29) is 0 Å². The van der Waals surface area contributed by atoms with Gasteiger partial charge in [0.1, 0.15) is 5.75 Å². The molecule has 3 aromatic rings. The summed E-state index contributed by atoms with van der Waals surface area (Å²) in [5, 5.41) is 2.63. The van der Waals surface area contributed by atoms with Crippen LogP contribution in [0.1, 0.15) is 6.92 Å². The van der Waals surface area contributed by atoms with Crippen molar-refractivity contribution in [1.29, 1.82) is 0 Å². The minimum atomic E-state index is -0.746. The lowest BCUT2D eigenvalue weighted by atomic mass is 10.2. The molecule has 3 N–H and O–H groups in total. The molecule has 0 saturated carbocycles. The Morgan fingerprint density at radius 3 is 2.11 bits per heavy atom. The lowest BCUT2D eigenvalue weighted by Gasteiger charge is -2.22. The standard InChI is InChI=1S/C22H21N3O3/c1-2-28-20-14-10-17(11-15-20)24-21(26)22(27)25(18-6-4-3-5-7-18)19-12-8-16(23)9-13-19/h3-15H,2,23H2,1H3,(H,24,26). The molecule has 0 unspecified atom stereocenters. The number of nitrogen functional groups attached to an aromatic ring is 1. The largest absolute Gasteiger partial charge is 0.494 e. The number of rotatable bonds is 5. The van der Waals surface area contributed by atoms with Crippen molar-refractivity contribution in [3.05, 3.63) is 78.9 Å². The minimum absolute atomic E-state index is 0.507. The second kappa shape index (κ2) is 8.73. The predicted octanol–water partition coefficient (Wildman–Crippen LogP) is 3.97. The molecule has 0 aliphatic rings. The van der Waals surface area contributed by atoms with E-state index in [2.05, 4.69) is 5.32 Å². The zero-order valence-electron chi connectivity index (χ0n) is 15.5. The number of nitrogens with two attached hydrogens (primary N) is 1. The molecule has 0 aliphatic carbocycles. The van der Waals surface area contributed by atoms with E-state index in [0.717, 1.165) is 0 Å². The number of hydrogen-bond donors (Lipinski definition) is 2. The third-order valence-electron chi connectivity index (χ3n) is 3.99. The highest BCUT2D eigenvalue weighted by molar-refractivity contribution is 6.45. The quantitative estimate of drug-likeness (QED) is 0.522. The molecule has 0 aliphatic heterocycles. The molecule has 0 aromatic heterocycles. The number of carbonyl (C=O) groups is 2. The average molecular weight is 375 g/mol. The highest BCUT2D eigenvalue weighted by Gasteiger charge is 2.25. The van der Waals surface area contributed by atoms with Gasteiger partial charge >= 0.3 is 11.8 Å². The summed E-state index contributed by atoms with van der Waals surface area (Å²) in [6.07, 6.45) is 0. The Labute approximate surface area is 163 Å². The molecule has 0 bridgehead atoms. The van der Waals surface area contributed by atoms with Crippen molar-refractivity contribution in [2.75, 3.05) is 22.6 Å². The van der Waals surface area contributed by atoms with Gasteiger partial charge in [-0.2, -0.15) is 0 Å². The van der Waals surface area contributed by atoms with Crippen LogP contribution in [0.5, 0.6) is 5.75 Å². The van der Waals surface area contributed by atoms with Crippen molar-refractivity contribution >= 4 is 34.6 Å². The summed E-state index contributed by atoms with van der Waals surface area (Å²) in [6.45, 7) is 2.45. The molecular weight excluding hydrogens is 354 g/mol. The van der Waals surface area contributed by atoms with Crippen molar-refractivity contribution < 1.29 is 14.3 Å². The number of hydrogen-bond acceptors (Lipinski definition) is 4. The van der Waals surface area contributed by atoms with Gasteiger partial charge in [0.15, 0.2) is 0 Å². The van der Waals surface area contributed by atoms with Gasteiger partial charge in [-0.3, -0.25) is 14.5 Å². The molecule has 6 nitrogen and oxygen atoms in total. The molecule has 2 amide bonds. The fourth-order valence-electron chi connectivity index (χ4n) is 2.67. The van der Waals surface area contributed by atoms with Gasteiger partial charge in [0.2, 0.25) is 0 Å². The maximum absolute atomic E-state index is 13.0. The summed E-state index contributed by atoms with van der Waals surface area (Å²) in [6, 6.07) is 22.6. The van der Waals surface area contributed by atoms with E-state index >= 15 is 0 Å². The first-order chi connectivity index (χ1) is 13.6. The summed E-state index contributed by atoms with van der Waals surface area (Å²) in [7, 11) is 0. The van der Waals surface area contributed by atoms with Gasteiger partial charge in [-0.1, -0.05) is 18.2 Å². The fourth-order valence-corrected chi connectivity index (χ4v) is 2.67. The monoisotopic (exact) mass is 375 g/mol. The molecule has 0 radical (unpaired) electrons. The second-order valence-corrected chi connectivity index (χ2v) is 5.98. The number of anilines is 4. The Bertz CT molecular complexity index is 939. The Morgan fingerprint density at radius 1 is 0.893 bits per heavy atom. The number of nitrogens with zero attached hydrogens (tertiary/aromatic N) is 1. The van der Waals surface area contributed by atoms with Crippen LogP contribution in [-0.4, -0.2) is 18.4 Å². The maximum atomic E-state index is 13.0. The molecule has 142 valence electrons. The van der Waals surface area contributed by atoms with Gasteiger partial charge < -0.3 is 15.8 Å². The van der Waals surface area contributed by atoms with Crippen molar-refractivity contribution in [1.82, 2.24) is 0 Å². The Morgan fingerprint density at radius 2 is 1.50 bits per heavy atom. The van der Waals surface area contributed by atoms with Crippen LogP contribution in [0.25, 0.3) is 0 Å². The van der Waals surface area contributed by atoms with Gasteiger partial charge in [-0.15, -0.1) is 0 Å². The van der Waals surface area contributed by atoms with Gasteiger partial charge in [0.25, 0.3) is 0 Å². The van der Waals surface area contributed by atoms with E-state index in [1.54, 1.807) is 72.8 Å². The van der Waals surface area contributed by atoms with Crippen LogP contribution in [0.15, 0.2) is 78.9 Å². The number of para-hydroxylation sites is 1. The van der Waals surface area contributed by atoms with E-state index in [4.69, 9.17) is 10.5 Å². The third-order valence-corrected chi connectivity index (χ3v) is 3.99. The van der Waals surface area contributed by atoms with Crippen molar-refractivity contribution in [3.63, 3.8) is 0 Å². The van der Waals surface area contributed by atoms with Crippen LogP contribution >= 0.6 is 0 Å². The van der Waals surface area contributed by atoms with E-state index < -0.39 is 11.8 Å². The van der Waals surface area contributed by atoms with Gasteiger partial charge in [-0.05, 0) is 67.6 Å². The number of nitrogens with one attached hydrogen (secondary N) is 1. The Hall–Kier alpha value is -3.80. The summed E-state index contributed by atoms with van der Waals surface area (Å²) in [5.41, 5.74) is 7.95. The van der Waals surface area contributed by atoms with Gasteiger partial charge in [0, 0.05) is 22.7 Å². The topological polar surface area (TPSA) is 84.7 Å². The summed E-state index contributed by atoms with van der Waals surface area (Å²) < 4.78 is 5.38. The van der Waals surface area contributed by atoms with Crippen molar-refractivity contribution in [3.8, 4) is 5.75 Å². The van der Waals surface area contributed by atoms with Crippen LogP contribution in [0.2, 0.25) is 0 Å². The van der Waals surface area contributed by atoms with Crippen LogP contribution < -0.4 is 20.7 Å². The van der Waals surface area contributed by atoms with E-state index in [9.17, 15) is 9.59 Å². The predicted molar refractivity (Wildman–Crippen MR) is 111 cm³/mol. The Kier molecular flexibility index (Phi) is 5.91. The fraction of sp³-hybridized carbons (Fsp3) is 0.0909. The van der Waals surface area contributed by atoms with Crippen LogP contribution in [0.3, 0.4) is 0 Å². The zero-order chi connectivity index (χ0) is 19.9. The SMILES string of the molecule is CCOc1ccc(NC(=O)C(=O)N(c2ccccc2)c2ccc(N)cc2)cc1. The van der Waals surface area contributed by atoms with Crippen molar-refractivity contribution in [2.45, 2.75) is 6.92 Å². The molecule has 28 heavy (non-hydrogen) atoms. The van der Waals surface area contributed by atoms with Gasteiger partial charge in [-0.25, -0.2) is 0 Å². The van der Waals surface area contributed by atoms with E-state index in [0.29, 0.717) is 35.1 Å². The normalized spacial score (nSPS) is 10.2. The van der Waals surface area contributed by atoms with Crippen molar-refractivity contribution in [2.24, 2.45) is 0 Å². The molecular formula is C22H21N3O3. The number of benzene rings is 3. The lowest BCUT2D eigenvalue weighted by Crippen LogP contribution is -2.36. The average Bonchev–Trinajstić information content (AvgIpc) is 2.72.